The van der Waals surface area contributed by atoms with Gasteiger partial charge in [-0.05, 0) is 49.2 Å². The van der Waals surface area contributed by atoms with Gasteiger partial charge in [-0.1, -0.05) is 43.3 Å². The molecule has 3 aromatic rings. The van der Waals surface area contributed by atoms with E-state index in [4.69, 9.17) is 9.15 Å². The van der Waals surface area contributed by atoms with E-state index in [9.17, 15) is 4.79 Å². The van der Waals surface area contributed by atoms with Gasteiger partial charge in [-0.25, -0.2) is 0 Å². The number of methoxy groups -OCH3 is 1. The predicted molar refractivity (Wildman–Crippen MR) is 111 cm³/mol. The van der Waals surface area contributed by atoms with E-state index in [0.717, 1.165) is 16.9 Å². The topological polar surface area (TPSA) is 77.2 Å². The van der Waals surface area contributed by atoms with Gasteiger partial charge in [0.25, 0.3) is 5.22 Å². The van der Waals surface area contributed by atoms with E-state index < -0.39 is 0 Å². The first-order chi connectivity index (χ1) is 13.5. The summed E-state index contributed by atoms with van der Waals surface area (Å²) >= 11 is 1.27. The van der Waals surface area contributed by atoms with E-state index in [1.165, 1.54) is 11.8 Å². The van der Waals surface area contributed by atoms with Gasteiger partial charge >= 0.3 is 0 Å². The van der Waals surface area contributed by atoms with Crippen LogP contribution in [0.1, 0.15) is 19.4 Å². The van der Waals surface area contributed by atoms with Gasteiger partial charge in [0.05, 0.1) is 12.4 Å². The Balaban J connectivity index is 1.70. The molecular formula is C21H23N3O3S. The molecule has 1 N–H and O–H groups in total. The molecule has 0 saturated heterocycles. The maximum Gasteiger partial charge on any atom is 0.277 e. The van der Waals surface area contributed by atoms with Crippen molar-refractivity contribution in [3.63, 3.8) is 0 Å². The number of carbonyl (C=O) groups excluding carboxylic acids is 1. The quantitative estimate of drug-likeness (QED) is 0.577. The number of hydrogen-bond acceptors (Lipinski definition) is 6. The molecule has 2 aromatic carbocycles. The number of nitrogens with zero attached hydrogens (tertiary/aromatic N) is 2. The average Bonchev–Trinajstić information content (AvgIpc) is 3.15. The Bertz CT molecular complexity index is 921. The van der Waals surface area contributed by atoms with E-state index in [0.29, 0.717) is 16.8 Å². The van der Waals surface area contributed by atoms with Crippen LogP contribution in [0.25, 0.3) is 11.5 Å². The molecule has 1 unspecified atom stereocenters. The van der Waals surface area contributed by atoms with Crippen molar-refractivity contribution in [1.82, 2.24) is 10.2 Å². The molecule has 0 fully saturated rings. The molecule has 0 spiro atoms. The number of aromatic nitrogens is 2. The maximum absolute atomic E-state index is 12.8. The molecule has 0 bridgehead atoms. The molecule has 1 amide bonds. The zero-order valence-corrected chi connectivity index (χ0v) is 17.1. The third kappa shape index (κ3) is 4.92. The van der Waals surface area contributed by atoms with Crippen LogP contribution in [-0.4, -0.2) is 28.5 Å². The first-order valence-electron chi connectivity index (χ1n) is 8.98. The number of amides is 1. The Hall–Kier alpha value is -2.80. The number of anilines is 1. The number of rotatable bonds is 7. The van der Waals surface area contributed by atoms with Crippen molar-refractivity contribution < 1.29 is 13.9 Å². The summed E-state index contributed by atoms with van der Waals surface area (Å²) in [6.07, 6.45) is 0. The minimum absolute atomic E-state index is 0.0815. The number of ether oxygens (including phenoxy) is 1. The van der Waals surface area contributed by atoms with Gasteiger partial charge in [0.15, 0.2) is 0 Å². The molecule has 1 heterocycles. The van der Waals surface area contributed by atoms with Crippen LogP contribution in [0.3, 0.4) is 0 Å². The van der Waals surface area contributed by atoms with Gasteiger partial charge in [-0.3, -0.25) is 4.79 Å². The van der Waals surface area contributed by atoms with Crippen LogP contribution in [-0.2, 0) is 4.79 Å². The predicted octanol–water partition coefficient (Wildman–Crippen LogP) is 4.81. The van der Waals surface area contributed by atoms with E-state index in [-0.39, 0.29) is 17.1 Å². The number of nitrogens with one attached hydrogen (secondary N) is 1. The summed E-state index contributed by atoms with van der Waals surface area (Å²) in [6, 6.07) is 15.1. The molecule has 0 aliphatic heterocycles. The summed E-state index contributed by atoms with van der Waals surface area (Å²) in [6.45, 7) is 6.00. The summed E-state index contributed by atoms with van der Waals surface area (Å²) in [5.74, 6) is 1.15. The summed E-state index contributed by atoms with van der Waals surface area (Å²) in [4.78, 5) is 12.8. The zero-order chi connectivity index (χ0) is 20.1. The Morgan fingerprint density at radius 1 is 1.07 bits per heavy atom. The second-order valence-corrected chi connectivity index (χ2v) is 7.83. The molecule has 1 aromatic heterocycles. The lowest BCUT2D eigenvalue weighted by atomic mass is 10.1. The largest absolute Gasteiger partial charge is 0.497 e. The van der Waals surface area contributed by atoms with E-state index in [1.54, 1.807) is 31.4 Å². The Kier molecular flexibility index (Phi) is 6.36. The van der Waals surface area contributed by atoms with Crippen LogP contribution in [0, 0.1) is 12.8 Å². The summed E-state index contributed by atoms with van der Waals surface area (Å²) in [7, 11) is 1.61. The van der Waals surface area contributed by atoms with Crippen molar-refractivity contribution in [3.8, 4) is 17.2 Å². The van der Waals surface area contributed by atoms with Crippen molar-refractivity contribution in [3.05, 3.63) is 54.1 Å². The SMILES string of the molecule is COc1ccc(NC(=O)C(Sc2nnc(-c3ccc(C)cc3)o2)C(C)C)cc1. The highest BCUT2D eigenvalue weighted by Crippen LogP contribution is 2.30. The van der Waals surface area contributed by atoms with Crippen LogP contribution < -0.4 is 10.1 Å². The van der Waals surface area contributed by atoms with Gasteiger partial charge in [0.2, 0.25) is 11.8 Å². The number of hydrogen-bond donors (Lipinski definition) is 1. The fraction of sp³-hybridized carbons (Fsp3) is 0.286. The highest BCUT2D eigenvalue weighted by Gasteiger charge is 2.26. The van der Waals surface area contributed by atoms with Gasteiger partial charge in [0.1, 0.15) is 5.75 Å². The molecule has 28 heavy (non-hydrogen) atoms. The van der Waals surface area contributed by atoms with Gasteiger partial charge in [0, 0.05) is 11.3 Å². The highest BCUT2D eigenvalue weighted by atomic mass is 32.2. The van der Waals surface area contributed by atoms with Crippen molar-refractivity contribution >= 4 is 23.4 Å². The summed E-state index contributed by atoms with van der Waals surface area (Å²) in [5.41, 5.74) is 2.73. The number of carbonyl (C=O) groups is 1. The van der Waals surface area contributed by atoms with Crippen molar-refractivity contribution in [1.29, 1.82) is 0 Å². The van der Waals surface area contributed by atoms with Gasteiger partial charge in [-0.2, -0.15) is 0 Å². The molecule has 146 valence electrons. The lowest BCUT2D eigenvalue weighted by molar-refractivity contribution is -0.116. The molecule has 6 nitrogen and oxygen atoms in total. The molecule has 0 aliphatic rings. The normalized spacial score (nSPS) is 12.0. The molecule has 0 saturated carbocycles. The highest BCUT2D eigenvalue weighted by molar-refractivity contribution is 8.00. The van der Waals surface area contributed by atoms with Crippen molar-refractivity contribution in [2.75, 3.05) is 12.4 Å². The van der Waals surface area contributed by atoms with Crippen LogP contribution in [0.15, 0.2) is 58.2 Å². The van der Waals surface area contributed by atoms with Gasteiger partial charge in [-0.15, -0.1) is 10.2 Å². The fourth-order valence-electron chi connectivity index (χ4n) is 2.56. The average molecular weight is 398 g/mol. The number of benzene rings is 2. The molecule has 1 atom stereocenters. The number of aryl methyl sites for hydroxylation is 1. The molecule has 0 aliphatic carbocycles. The summed E-state index contributed by atoms with van der Waals surface area (Å²) in [5, 5.41) is 11.1. The Morgan fingerprint density at radius 3 is 2.36 bits per heavy atom. The standard InChI is InChI=1S/C21H23N3O3S/c1-13(2)18(19(25)22-16-9-11-17(26-4)12-10-16)28-21-24-23-20(27-21)15-7-5-14(3)6-8-15/h5-13,18H,1-4H3,(H,22,25). The van der Waals surface area contributed by atoms with Crippen molar-refractivity contribution in [2.24, 2.45) is 5.92 Å². The van der Waals surface area contributed by atoms with Gasteiger partial charge < -0.3 is 14.5 Å². The Labute approximate surface area is 168 Å². The second-order valence-electron chi connectivity index (χ2n) is 6.74. The smallest absolute Gasteiger partial charge is 0.277 e. The lowest BCUT2D eigenvalue weighted by Gasteiger charge is -2.18. The first-order valence-corrected chi connectivity index (χ1v) is 9.86. The zero-order valence-electron chi connectivity index (χ0n) is 16.3. The third-order valence-electron chi connectivity index (χ3n) is 4.15. The van der Waals surface area contributed by atoms with Crippen LogP contribution in [0.4, 0.5) is 5.69 Å². The molecular weight excluding hydrogens is 374 g/mol. The van der Waals surface area contributed by atoms with Crippen LogP contribution in [0.5, 0.6) is 5.75 Å². The van der Waals surface area contributed by atoms with E-state index in [2.05, 4.69) is 15.5 Å². The second kappa shape index (κ2) is 8.93. The van der Waals surface area contributed by atoms with E-state index >= 15 is 0 Å². The van der Waals surface area contributed by atoms with Crippen molar-refractivity contribution in [2.45, 2.75) is 31.2 Å². The molecule has 3 rings (SSSR count). The maximum atomic E-state index is 12.8. The van der Waals surface area contributed by atoms with E-state index in [1.807, 2.05) is 45.0 Å². The lowest BCUT2D eigenvalue weighted by Crippen LogP contribution is -2.29. The van der Waals surface area contributed by atoms with Crippen LogP contribution >= 0.6 is 11.8 Å². The molecule has 0 radical (unpaired) electrons. The number of thioether (sulfide) groups is 1. The molecule has 7 heteroatoms. The summed E-state index contributed by atoms with van der Waals surface area (Å²) < 4.78 is 10.9. The minimum atomic E-state index is -0.367. The fourth-order valence-corrected chi connectivity index (χ4v) is 3.43. The Morgan fingerprint density at radius 2 is 1.75 bits per heavy atom. The third-order valence-corrected chi connectivity index (χ3v) is 5.53. The monoisotopic (exact) mass is 397 g/mol. The van der Waals surface area contributed by atoms with Crippen LogP contribution in [0.2, 0.25) is 0 Å². The minimum Gasteiger partial charge on any atom is -0.497 e. The first kappa shape index (κ1) is 19.9.